The van der Waals surface area contributed by atoms with E-state index < -0.39 is 22.8 Å². The summed E-state index contributed by atoms with van der Waals surface area (Å²) in [5.41, 5.74) is -0.784. The van der Waals surface area contributed by atoms with Crippen LogP contribution in [0.4, 0.5) is 23.9 Å². The lowest BCUT2D eigenvalue weighted by atomic mass is 10.1. The number of aliphatic hydroxyl groups is 1. The molecule has 116 valence electrons. The molecule has 1 atom stereocenters. The molecule has 5 nitrogen and oxygen atoms in total. The van der Waals surface area contributed by atoms with E-state index in [1.807, 2.05) is 0 Å². The summed E-state index contributed by atoms with van der Waals surface area (Å²) < 4.78 is 37.7. The van der Waals surface area contributed by atoms with Gasteiger partial charge < -0.3 is 10.0 Å². The summed E-state index contributed by atoms with van der Waals surface area (Å²) in [5, 5.41) is 20.8. The molecule has 1 N–H and O–H groups in total. The third-order valence-electron chi connectivity index (χ3n) is 3.18. The van der Waals surface area contributed by atoms with Crippen molar-refractivity contribution in [2.24, 2.45) is 0 Å². The predicted molar refractivity (Wildman–Crippen MR) is 72.6 cm³/mol. The normalized spacial score (nSPS) is 17.6. The number of nitrogens with zero attached hydrogens (tertiary/aromatic N) is 2. The summed E-state index contributed by atoms with van der Waals surface area (Å²) in [4.78, 5) is 12.4. The first-order valence-corrected chi connectivity index (χ1v) is 6.99. The van der Waals surface area contributed by atoms with Gasteiger partial charge in [0.1, 0.15) is 0 Å². The van der Waals surface area contributed by atoms with Crippen LogP contribution in [0, 0.1) is 10.1 Å². The minimum Gasteiger partial charge on any atom is -0.388 e. The van der Waals surface area contributed by atoms with Gasteiger partial charge in [-0.3, -0.25) is 10.1 Å². The highest BCUT2D eigenvalue weighted by molar-refractivity contribution is 7.16. The van der Waals surface area contributed by atoms with E-state index in [-0.39, 0.29) is 30.2 Å². The standard InChI is InChI=1S/C12H13F3N2O3S/c1-7(18)10-6-9(17(19)20)11(21-10)16-4-2-8(3-5-16)12(13,14)15/h2,6-7,18H,3-5H2,1H3/t7-/m0/s1. The zero-order valence-electron chi connectivity index (χ0n) is 11.1. The van der Waals surface area contributed by atoms with Crippen molar-refractivity contribution in [1.29, 1.82) is 0 Å². The van der Waals surface area contributed by atoms with Crippen LogP contribution in [0.25, 0.3) is 0 Å². The summed E-state index contributed by atoms with van der Waals surface area (Å²) in [6.07, 6.45) is -4.36. The van der Waals surface area contributed by atoms with Gasteiger partial charge >= 0.3 is 11.9 Å². The van der Waals surface area contributed by atoms with Gasteiger partial charge in [-0.15, -0.1) is 11.3 Å². The molecule has 0 aromatic carbocycles. The van der Waals surface area contributed by atoms with Gasteiger partial charge in [0.2, 0.25) is 0 Å². The maximum atomic E-state index is 12.6. The van der Waals surface area contributed by atoms with Crippen molar-refractivity contribution in [3.63, 3.8) is 0 Å². The van der Waals surface area contributed by atoms with Gasteiger partial charge in [0.15, 0.2) is 5.00 Å². The lowest BCUT2D eigenvalue weighted by molar-refractivity contribution is -0.383. The Balaban J connectivity index is 2.28. The fourth-order valence-electron chi connectivity index (χ4n) is 2.06. The van der Waals surface area contributed by atoms with Crippen molar-refractivity contribution in [3.8, 4) is 0 Å². The van der Waals surface area contributed by atoms with E-state index in [0.717, 1.165) is 17.4 Å². The Kier molecular flexibility index (Phi) is 4.24. The zero-order valence-corrected chi connectivity index (χ0v) is 11.9. The van der Waals surface area contributed by atoms with Crippen molar-refractivity contribution in [2.45, 2.75) is 25.6 Å². The van der Waals surface area contributed by atoms with Crippen LogP contribution in [0.15, 0.2) is 17.7 Å². The third kappa shape index (κ3) is 3.35. The molecule has 1 aromatic heterocycles. The Hall–Kier alpha value is -1.61. The fourth-order valence-corrected chi connectivity index (χ4v) is 3.16. The fraction of sp³-hybridized carbons (Fsp3) is 0.500. The summed E-state index contributed by atoms with van der Waals surface area (Å²) >= 11 is 1.03. The van der Waals surface area contributed by atoms with Crippen molar-refractivity contribution in [2.75, 3.05) is 18.0 Å². The highest BCUT2D eigenvalue weighted by Gasteiger charge is 2.36. The van der Waals surface area contributed by atoms with Gasteiger partial charge in [-0.25, -0.2) is 0 Å². The minimum atomic E-state index is -4.35. The number of aliphatic hydroxyl groups excluding tert-OH is 1. The molecular formula is C12H13F3N2O3S. The van der Waals surface area contributed by atoms with Gasteiger partial charge in [0, 0.05) is 29.6 Å². The Bertz CT molecular complexity index is 581. The zero-order chi connectivity index (χ0) is 15.8. The SMILES string of the molecule is C[C@H](O)c1cc([N+](=O)[O-])c(N2CC=C(C(F)(F)F)CC2)s1. The van der Waals surface area contributed by atoms with E-state index in [0.29, 0.717) is 4.88 Å². The molecule has 0 saturated carbocycles. The average molecular weight is 322 g/mol. The van der Waals surface area contributed by atoms with Gasteiger partial charge in [0.05, 0.1) is 11.0 Å². The lowest BCUT2D eigenvalue weighted by Gasteiger charge is -2.27. The monoisotopic (exact) mass is 322 g/mol. The number of alkyl halides is 3. The Morgan fingerprint density at radius 1 is 1.52 bits per heavy atom. The van der Waals surface area contributed by atoms with Crippen molar-refractivity contribution in [3.05, 3.63) is 32.7 Å². The molecule has 0 spiro atoms. The number of halogens is 3. The maximum absolute atomic E-state index is 12.6. The molecule has 0 aliphatic carbocycles. The summed E-state index contributed by atoms with van der Waals surface area (Å²) in [7, 11) is 0. The number of nitro groups is 1. The van der Waals surface area contributed by atoms with E-state index in [1.54, 1.807) is 0 Å². The molecule has 1 aromatic rings. The molecule has 0 bridgehead atoms. The molecule has 2 rings (SSSR count). The average Bonchev–Trinajstić information content (AvgIpc) is 2.83. The van der Waals surface area contributed by atoms with Crippen LogP contribution >= 0.6 is 11.3 Å². The van der Waals surface area contributed by atoms with Crippen molar-refractivity contribution >= 4 is 22.0 Å². The molecule has 1 aliphatic heterocycles. The van der Waals surface area contributed by atoms with Crippen LogP contribution in [0.2, 0.25) is 0 Å². The Morgan fingerprint density at radius 2 is 2.19 bits per heavy atom. The summed E-state index contributed by atoms with van der Waals surface area (Å²) in [5.74, 6) is 0. The van der Waals surface area contributed by atoms with Gasteiger partial charge in [-0.05, 0) is 13.3 Å². The quantitative estimate of drug-likeness (QED) is 0.526. The second-order valence-corrected chi connectivity index (χ2v) is 5.76. The second-order valence-electron chi connectivity index (χ2n) is 4.70. The third-order valence-corrected chi connectivity index (χ3v) is 4.54. The van der Waals surface area contributed by atoms with Crippen LogP contribution in [0.1, 0.15) is 24.3 Å². The largest absolute Gasteiger partial charge is 0.412 e. The predicted octanol–water partition coefficient (Wildman–Crippen LogP) is 3.41. The smallest absolute Gasteiger partial charge is 0.388 e. The topological polar surface area (TPSA) is 66.6 Å². The van der Waals surface area contributed by atoms with Gasteiger partial charge in [0.25, 0.3) is 0 Å². The number of thiophene rings is 1. The van der Waals surface area contributed by atoms with Gasteiger partial charge in [-0.2, -0.15) is 13.2 Å². The van der Waals surface area contributed by atoms with Crippen molar-refractivity contribution in [1.82, 2.24) is 0 Å². The van der Waals surface area contributed by atoms with E-state index in [1.165, 1.54) is 17.9 Å². The lowest BCUT2D eigenvalue weighted by Crippen LogP contribution is -2.31. The van der Waals surface area contributed by atoms with Crippen molar-refractivity contribution < 1.29 is 23.2 Å². The number of hydrogen-bond acceptors (Lipinski definition) is 5. The molecule has 2 heterocycles. The van der Waals surface area contributed by atoms with E-state index in [9.17, 15) is 28.4 Å². The molecule has 1 aliphatic rings. The Morgan fingerprint density at radius 3 is 2.62 bits per heavy atom. The second kappa shape index (κ2) is 5.64. The molecule has 21 heavy (non-hydrogen) atoms. The molecule has 0 fully saturated rings. The first-order chi connectivity index (χ1) is 9.70. The van der Waals surface area contributed by atoms with Crippen LogP contribution in [0.3, 0.4) is 0 Å². The molecular weight excluding hydrogens is 309 g/mol. The minimum absolute atomic E-state index is 0.0323. The van der Waals surface area contributed by atoms with Crippen LogP contribution < -0.4 is 4.90 Å². The summed E-state index contributed by atoms with van der Waals surface area (Å²) in [6, 6.07) is 1.27. The molecule has 0 saturated heterocycles. The maximum Gasteiger partial charge on any atom is 0.412 e. The highest BCUT2D eigenvalue weighted by atomic mass is 32.1. The molecule has 9 heteroatoms. The highest BCUT2D eigenvalue weighted by Crippen LogP contribution is 2.41. The molecule has 0 amide bonds. The van der Waals surface area contributed by atoms with Crippen LogP contribution in [-0.2, 0) is 0 Å². The van der Waals surface area contributed by atoms with Gasteiger partial charge in [-0.1, -0.05) is 6.08 Å². The number of hydrogen-bond donors (Lipinski definition) is 1. The van der Waals surface area contributed by atoms with Crippen LogP contribution in [0.5, 0.6) is 0 Å². The number of rotatable bonds is 3. The van der Waals surface area contributed by atoms with E-state index in [2.05, 4.69) is 0 Å². The first-order valence-electron chi connectivity index (χ1n) is 6.17. The Labute approximate surface area is 122 Å². The van der Waals surface area contributed by atoms with E-state index >= 15 is 0 Å². The summed E-state index contributed by atoms with van der Waals surface area (Å²) in [6.45, 7) is 1.51. The number of anilines is 1. The molecule has 0 radical (unpaired) electrons. The van der Waals surface area contributed by atoms with Crippen LogP contribution in [-0.4, -0.2) is 29.3 Å². The molecule has 0 unspecified atom stereocenters. The first kappa shape index (κ1) is 15.8. The van der Waals surface area contributed by atoms with E-state index in [4.69, 9.17) is 0 Å².